The zero-order valence-corrected chi connectivity index (χ0v) is 20.1. The van der Waals surface area contributed by atoms with Gasteiger partial charge in [-0.25, -0.2) is 9.59 Å². The molecule has 0 spiro atoms. The standard InChI is InChI=1S/C30H24ClNO4/c31-27-16-20(19-8-2-1-3-9-19)14-15-21(27)17-28(29(33)34)32-30(35)36-18-26-24-12-6-4-10-22(24)23-11-5-7-13-25(23)26/h1-16,26,28H,17-18H2,(H,32,35)(H,33,34)/t28-/m0/s1. The highest BCUT2D eigenvalue weighted by Crippen LogP contribution is 2.44. The van der Waals surface area contributed by atoms with E-state index >= 15 is 0 Å². The van der Waals surface area contributed by atoms with Crippen molar-refractivity contribution in [1.82, 2.24) is 5.32 Å². The van der Waals surface area contributed by atoms with E-state index in [0.717, 1.165) is 33.4 Å². The third-order valence-electron chi connectivity index (χ3n) is 6.52. The maximum absolute atomic E-state index is 12.6. The summed E-state index contributed by atoms with van der Waals surface area (Å²) in [6, 6.07) is 30.2. The van der Waals surface area contributed by atoms with Gasteiger partial charge in [-0.1, -0.05) is 103 Å². The fraction of sp³-hybridized carbons (Fsp3) is 0.133. The van der Waals surface area contributed by atoms with Crippen molar-refractivity contribution in [3.63, 3.8) is 0 Å². The molecule has 0 radical (unpaired) electrons. The summed E-state index contributed by atoms with van der Waals surface area (Å²) in [7, 11) is 0. The van der Waals surface area contributed by atoms with Crippen LogP contribution in [0.1, 0.15) is 22.6 Å². The SMILES string of the molecule is O=C(N[C@@H](Cc1ccc(-c2ccccc2)cc1Cl)C(=O)O)OCC1c2ccccc2-c2ccccc21. The third-order valence-corrected chi connectivity index (χ3v) is 6.87. The molecule has 0 aliphatic heterocycles. The summed E-state index contributed by atoms with van der Waals surface area (Å²) >= 11 is 6.47. The first kappa shape index (κ1) is 23.6. The molecule has 0 bridgehead atoms. The van der Waals surface area contributed by atoms with Crippen LogP contribution >= 0.6 is 11.6 Å². The minimum Gasteiger partial charge on any atom is -0.480 e. The molecule has 5 nitrogen and oxygen atoms in total. The summed E-state index contributed by atoms with van der Waals surface area (Å²) in [4.78, 5) is 24.5. The highest BCUT2D eigenvalue weighted by atomic mass is 35.5. The summed E-state index contributed by atoms with van der Waals surface area (Å²) < 4.78 is 5.52. The monoisotopic (exact) mass is 497 g/mol. The Hall–Kier alpha value is -4.09. The first-order valence-electron chi connectivity index (χ1n) is 11.7. The molecule has 6 heteroatoms. The van der Waals surface area contributed by atoms with Gasteiger partial charge in [-0.2, -0.15) is 0 Å². The van der Waals surface area contributed by atoms with Crippen LogP contribution in [0.15, 0.2) is 97.1 Å². The average Bonchev–Trinajstić information content (AvgIpc) is 3.22. The van der Waals surface area contributed by atoms with Crippen molar-refractivity contribution in [3.05, 3.63) is 119 Å². The van der Waals surface area contributed by atoms with Gasteiger partial charge in [-0.15, -0.1) is 0 Å². The van der Waals surface area contributed by atoms with Crippen LogP contribution in [0, 0.1) is 0 Å². The van der Waals surface area contributed by atoms with Gasteiger partial charge in [0.15, 0.2) is 0 Å². The van der Waals surface area contributed by atoms with Gasteiger partial charge < -0.3 is 15.2 Å². The molecule has 0 heterocycles. The van der Waals surface area contributed by atoms with Gasteiger partial charge in [-0.05, 0) is 45.0 Å². The Morgan fingerprint density at radius 2 is 1.44 bits per heavy atom. The number of aliphatic carboxylic acids is 1. The van der Waals surface area contributed by atoms with Crippen molar-refractivity contribution >= 4 is 23.7 Å². The number of halogens is 1. The molecule has 0 fully saturated rings. The number of carbonyl (C=O) groups is 2. The van der Waals surface area contributed by atoms with Crippen LogP contribution in [0.5, 0.6) is 0 Å². The van der Waals surface area contributed by atoms with Crippen molar-refractivity contribution < 1.29 is 19.4 Å². The lowest BCUT2D eigenvalue weighted by molar-refractivity contribution is -0.139. The Morgan fingerprint density at radius 3 is 2.06 bits per heavy atom. The van der Waals surface area contributed by atoms with E-state index in [1.54, 1.807) is 12.1 Å². The van der Waals surface area contributed by atoms with Crippen molar-refractivity contribution in [2.24, 2.45) is 0 Å². The molecule has 0 saturated carbocycles. The summed E-state index contributed by atoms with van der Waals surface area (Å²) in [5.74, 6) is -1.27. The largest absolute Gasteiger partial charge is 0.480 e. The number of carboxylic acids is 1. The van der Waals surface area contributed by atoms with Gasteiger partial charge in [0.25, 0.3) is 0 Å². The molecule has 36 heavy (non-hydrogen) atoms. The fourth-order valence-electron chi connectivity index (χ4n) is 4.73. The number of benzene rings is 4. The lowest BCUT2D eigenvalue weighted by Gasteiger charge is -2.18. The van der Waals surface area contributed by atoms with Gasteiger partial charge in [0, 0.05) is 17.4 Å². The normalized spacial score (nSPS) is 12.9. The van der Waals surface area contributed by atoms with E-state index < -0.39 is 18.1 Å². The number of fused-ring (bicyclic) bond motifs is 3. The molecule has 0 aromatic heterocycles. The lowest BCUT2D eigenvalue weighted by Crippen LogP contribution is -2.43. The summed E-state index contributed by atoms with van der Waals surface area (Å²) in [6.07, 6.45) is -0.741. The number of nitrogens with one attached hydrogen (secondary N) is 1. The summed E-state index contributed by atoms with van der Waals surface area (Å²) in [6.45, 7) is 0.110. The average molecular weight is 498 g/mol. The zero-order valence-electron chi connectivity index (χ0n) is 19.4. The quantitative estimate of drug-likeness (QED) is 0.304. The minimum absolute atomic E-state index is 0.0352. The third kappa shape index (κ3) is 4.83. The lowest BCUT2D eigenvalue weighted by atomic mass is 9.98. The van der Waals surface area contributed by atoms with Crippen molar-refractivity contribution in [2.45, 2.75) is 18.4 Å². The Morgan fingerprint density at radius 1 is 0.833 bits per heavy atom. The van der Waals surface area contributed by atoms with Crippen LogP contribution in [-0.4, -0.2) is 29.8 Å². The van der Waals surface area contributed by atoms with E-state index in [2.05, 4.69) is 17.4 Å². The summed E-state index contributed by atoms with van der Waals surface area (Å²) in [5.41, 5.74) is 7.00. The number of hydrogen-bond donors (Lipinski definition) is 2. The van der Waals surface area contributed by atoms with Crippen LogP contribution in [0.3, 0.4) is 0 Å². The molecule has 0 saturated heterocycles. The second kappa shape index (κ2) is 10.3. The molecule has 0 unspecified atom stereocenters. The molecular formula is C30H24ClNO4. The van der Waals surface area contributed by atoms with Crippen LogP contribution in [0.4, 0.5) is 4.79 Å². The van der Waals surface area contributed by atoms with Gasteiger partial charge in [-0.3, -0.25) is 0 Å². The number of alkyl carbamates (subject to hydrolysis) is 1. The van der Waals surface area contributed by atoms with E-state index in [0.29, 0.717) is 10.6 Å². The van der Waals surface area contributed by atoms with Crippen LogP contribution in [0.2, 0.25) is 5.02 Å². The maximum atomic E-state index is 12.6. The Balaban J connectivity index is 1.25. The molecule has 1 aliphatic carbocycles. The number of hydrogen-bond acceptors (Lipinski definition) is 3. The van der Waals surface area contributed by atoms with Crippen molar-refractivity contribution in [2.75, 3.05) is 6.61 Å². The molecular weight excluding hydrogens is 474 g/mol. The van der Waals surface area contributed by atoms with Gasteiger partial charge in [0.2, 0.25) is 0 Å². The number of amides is 1. The number of carbonyl (C=O) groups excluding carboxylic acids is 1. The first-order valence-corrected chi connectivity index (χ1v) is 12.1. The molecule has 4 aromatic rings. The molecule has 2 N–H and O–H groups in total. The Bertz CT molecular complexity index is 1370. The van der Waals surface area contributed by atoms with Gasteiger partial charge >= 0.3 is 12.1 Å². The topological polar surface area (TPSA) is 75.6 Å². The Labute approximate surface area is 214 Å². The second-order valence-electron chi connectivity index (χ2n) is 8.74. The van der Waals surface area contributed by atoms with E-state index in [4.69, 9.17) is 16.3 Å². The van der Waals surface area contributed by atoms with Gasteiger partial charge in [0.05, 0.1) is 0 Å². The smallest absolute Gasteiger partial charge is 0.407 e. The molecule has 1 aliphatic rings. The molecule has 4 aromatic carbocycles. The summed E-state index contributed by atoms with van der Waals surface area (Å²) in [5, 5.41) is 12.7. The predicted molar refractivity (Wildman–Crippen MR) is 140 cm³/mol. The number of ether oxygens (including phenoxy) is 1. The second-order valence-corrected chi connectivity index (χ2v) is 9.14. The highest BCUT2D eigenvalue weighted by molar-refractivity contribution is 6.31. The van der Waals surface area contributed by atoms with Crippen molar-refractivity contribution in [1.29, 1.82) is 0 Å². The maximum Gasteiger partial charge on any atom is 0.407 e. The Kier molecular flexibility index (Phi) is 6.74. The molecule has 1 amide bonds. The number of rotatable bonds is 7. The zero-order chi connectivity index (χ0) is 25.1. The van der Waals surface area contributed by atoms with Gasteiger partial charge in [0.1, 0.15) is 12.6 Å². The van der Waals surface area contributed by atoms with E-state index in [1.165, 1.54) is 0 Å². The first-order chi connectivity index (χ1) is 17.5. The van der Waals surface area contributed by atoms with E-state index in [1.807, 2.05) is 72.8 Å². The fourth-order valence-corrected chi connectivity index (χ4v) is 4.98. The van der Waals surface area contributed by atoms with E-state index in [9.17, 15) is 14.7 Å². The number of carboxylic acid groups (broad SMARTS) is 1. The molecule has 5 rings (SSSR count). The van der Waals surface area contributed by atoms with Crippen LogP contribution in [0.25, 0.3) is 22.3 Å². The van der Waals surface area contributed by atoms with Crippen molar-refractivity contribution in [3.8, 4) is 22.3 Å². The van der Waals surface area contributed by atoms with E-state index in [-0.39, 0.29) is 18.9 Å². The van der Waals surface area contributed by atoms with Crippen LogP contribution in [-0.2, 0) is 16.0 Å². The molecule has 180 valence electrons. The molecule has 1 atom stereocenters. The predicted octanol–water partition coefficient (Wildman–Crippen LogP) is 6.54. The highest BCUT2D eigenvalue weighted by Gasteiger charge is 2.30. The minimum atomic E-state index is -1.18. The van der Waals surface area contributed by atoms with Crippen LogP contribution < -0.4 is 5.32 Å².